The molecule has 2 unspecified atom stereocenters. The summed E-state index contributed by atoms with van der Waals surface area (Å²) in [6, 6.07) is 0.0380. The summed E-state index contributed by atoms with van der Waals surface area (Å²) in [5.41, 5.74) is 0. The molecule has 0 aromatic heterocycles. The molecule has 4 nitrogen and oxygen atoms in total. The number of aliphatic hydroxyl groups excluding tert-OH is 1. The second kappa shape index (κ2) is 6.86. The molecule has 4 heteroatoms. The van der Waals surface area contributed by atoms with Gasteiger partial charge < -0.3 is 14.7 Å². The first-order chi connectivity index (χ1) is 7.69. The Morgan fingerprint density at radius 1 is 1.56 bits per heavy atom. The first-order valence-corrected chi connectivity index (χ1v) is 6.08. The Morgan fingerprint density at radius 3 is 2.94 bits per heavy atom. The van der Waals surface area contributed by atoms with E-state index in [4.69, 9.17) is 4.74 Å². The van der Waals surface area contributed by atoms with E-state index >= 15 is 0 Å². The van der Waals surface area contributed by atoms with Crippen LogP contribution in [0.4, 0.5) is 0 Å². The molecule has 1 aliphatic heterocycles. The number of rotatable bonds is 5. The number of amides is 1. The number of likely N-dealkylation sites (tertiary alicyclic amines) is 1. The van der Waals surface area contributed by atoms with Crippen LogP contribution in [-0.4, -0.2) is 48.8 Å². The van der Waals surface area contributed by atoms with Gasteiger partial charge in [-0.1, -0.05) is 6.92 Å². The molecule has 1 saturated heterocycles. The van der Waals surface area contributed by atoms with Gasteiger partial charge in [0.15, 0.2) is 0 Å². The SMILES string of the molecule is COCC(C)CC(=O)N1CCCCC1CO. The second-order valence-electron chi connectivity index (χ2n) is 4.68. The van der Waals surface area contributed by atoms with Crippen LogP contribution in [-0.2, 0) is 9.53 Å². The number of methoxy groups -OCH3 is 1. The zero-order valence-electron chi connectivity index (χ0n) is 10.3. The summed E-state index contributed by atoms with van der Waals surface area (Å²) in [6.45, 7) is 3.51. The summed E-state index contributed by atoms with van der Waals surface area (Å²) in [5, 5.41) is 9.23. The molecule has 0 aromatic carbocycles. The Morgan fingerprint density at radius 2 is 2.31 bits per heavy atom. The van der Waals surface area contributed by atoms with E-state index in [-0.39, 0.29) is 24.5 Å². The monoisotopic (exact) mass is 229 g/mol. The third-order valence-corrected chi connectivity index (χ3v) is 3.13. The molecule has 1 rings (SSSR count). The van der Waals surface area contributed by atoms with Crippen LogP contribution in [0.3, 0.4) is 0 Å². The van der Waals surface area contributed by atoms with Gasteiger partial charge >= 0.3 is 0 Å². The van der Waals surface area contributed by atoms with Crippen molar-refractivity contribution in [2.24, 2.45) is 5.92 Å². The van der Waals surface area contributed by atoms with Gasteiger partial charge in [-0.05, 0) is 25.2 Å². The summed E-state index contributed by atoms with van der Waals surface area (Å²) >= 11 is 0. The maximum absolute atomic E-state index is 12.0. The van der Waals surface area contributed by atoms with Gasteiger partial charge in [-0.15, -0.1) is 0 Å². The first-order valence-electron chi connectivity index (χ1n) is 6.08. The van der Waals surface area contributed by atoms with E-state index in [1.54, 1.807) is 7.11 Å². The number of aliphatic hydroxyl groups is 1. The molecule has 1 fully saturated rings. The van der Waals surface area contributed by atoms with Crippen LogP contribution >= 0.6 is 0 Å². The molecule has 0 spiro atoms. The first kappa shape index (κ1) is 13.5. The van der Waals surface area contributed by atoms with Gasteiger partial charge in [-0.25, -0.2) is 0 Å². The van der Waals surface area contributed by atoms with Gasteiger partial charge in [0, 0.05) is 26.7 Å². The number of hydrogen-bond donors (Lipinski definition) is 1. The fourth-order valence-electron chi connectivity index (χ4n) is 2.28. The minimum atomic E-state index is 0.0380. The van der Waals surface area contributed by atoms with Gasteiger partial charge in [0.1, 0.15) is 0 Å². The van der Waals surface area contributed by atoms with Crippen molar-refractivity contribution in [2.75, 3.05) is 26.9 Å². The van der Waals surface area contributed by atoms with Gasteiger partial charge in [0.25, 0.3) is 0 Å². The maximum Gasteiger partial charge on any atom is 0.223 e. The van der Waals surface area contributed by atoms with Crippen molar-refractivity contribution in [1.82, 2.24) is 4.90 Å². The lowest BCUT2D eigenvalue weighted by Gasteiger charge is -2.35. The number of hydrogen-bond acceptors (Lipinski definition) is 3. The quantitative estimate of drug-likeness (QED) is 0.766. The van der Waals surface area contributed by atoms with Crippen LogP contribution in [0.2, 0.25) is 0 Å². The van der Waals surface area contributed by atoms with Crippen molar-refractivity contribution >= 4 is 5.91 Å². The highest BCUT2D eigenvalue weighted by Crippen LogP contribution is 2.18. The Bertz CT molecular complexity index is 220. The van der Waals surface area contributed by atoms with Crippen LogP contribution in [0, 0.1) is 5.92 Å². The molecule has 2 atom stereocenters. The Hall–Kier alpha value is -0.610. The molecular weight excluding hydrogens is 206 g/mol. The van der Waals surface area contributed by atoms with E-state index in [0.717, 1.165) is 25.8 Å². The summed E-state index contributed by atoms with van der Waals surface area (Å²) in [6.07, 6.45) is 3.62. The van der Waals surface area contributed by atoms with Crippen molar-refractivity contribution in [3.8, 4) is 0 Å². The summed E-state index contributed by atoms with van der Waals surface area (Å²) in [5.74, 6) is 0.405. The summed E-state index contributed by atoms with van der Waals surface area (Å²) in [4.78, 5) is 13.9. The van der Waals surface area contributed by atoms with Gasteiger partial charge in [0.2, 0.25) is 5.91 Å². The van der Waals surface area contributed by atoms with Crippen LogP contribution in [0.1, 0.15) is 32.6 Å². The molecule has 0 aliphatic carbocycles. The molecule has 0 saturated carbocycles. The predicted octanol–water partition coefficient (Wildman–Crippen LogP) is 1.03. The fourth-order valence-corrected chi connectivity index (χ4v) is 2.28. The van der Waals surface area contributed by atoms with E-state index in [1.807, 2.05) is 11.8 Å². The molecule has 1 heterocycles. The molecular formula is C12H23NO3. The van der Waals surface area contributed by atoms with Gasteiger partial charge in [-0.3, -0.25) is 4.79 Å². The second-order valence-corrected chi connectivity index (χ2v) is 4.68. The van der Waals surface area contributed by atoms with Crippen molar-refractivity contribution in [2.45, 2.75) is 38.6 Å². The van der Waals surface area contributed by atoms with Crippen molar-refractivity contribution in [3.63, 3.8) is 0 Å². The normalized spacial score (nSPS) is 23.2. The summed E-state index contributed by atoms with van der Waals surface area (Å²) < 4.78 is 5.02. The lowest BCUT2D eigenvalue weighted by atomic mass is 10.0. The molecule has 1 aliphatic rings. The number of nitrogens with zero attached hydrogens (tertiary/aromatic N) is 1. The third kappa shape index (κ3) is 3.76. The van der Waals surface area contributed by atoms with E-state index < -0.39 is 0 Å². The van der Waals surface area contributed by atoms with E-state index in [9.17, 15) is 9.90 Å². The number of piperidine rings is 1. The third-order valence-electron chi connectivity index (χ3n) is 3.13. The van der Waals surface area contributed by atoms with Crippen LogP contribution < -0.4 is 0 Å². The lowest BCUT2D eigenvalue weighted by Crippen LogP contribution is -2.46. The van der Waals surface area contributed by atoms with E-state index in [0.29, 0.717) is 13.0 Å². The molecule has 94 valence electrons. The molecule has 1 amide bonds. The molecule has 0 radical (unpaired) electrons. The number of carbonyl (C=O) groups excluding carboxylic acids is 1. The largest absolute Gasteiger partial charge is 0.394 e. The maximum atomic E-state index is 12.0. The smallest absolute Gasteiger partial charge is 0.223 e. The van der Waals surface area contributed by atoms with Crippen LogP contribution in [0.15, 0.2) is 0 Å². The van der Waals surface area contributed by atoms with Crippen molar-refractivity contribution < 1.29 is 14.6 Å². The zero-order chi connectivity index (χ0) is 12.0. The van der Waals surface area contributed by atoms with Crippen LogP contribution in [0.25, 0.3) is 0 Å². The van der Waals surface area contributed by atoms with E-state index in [1.165, 1.54) is 0 Å². The Kier molecular flexibility index (Phi) is 5.77. The predicted molar refractivity (Wildman–Crippen MR) is 62.1 cm³/mol. The molecule has 0 bridgehead atoms. The Labute approximate surface area is 97.6 Å². The van der Waals surface area contributed by atoms with Gasteiger partial charge in [0.05, 0.1) is 12.6 Å². The zero-order valence-corrected chi connectivity index (χ0v) is 10.3. The lowest BCUT2D eigenvalue weighted by molar-refractivity contribution is -0.137. The van der Waals surface area contributed by atoms with Crippen LogP contribution in [0.5, 0.6) is 0 Å². The van der Waals surface area contributed by atoms with Gasteiger partial charge in [-0.2, -0.15) is 0 Å². The minimum absolute atomic E-state index is 0.0380. The standard InChI is InChI=1S/C12H23NO3/c1-10(9-16-2)7-12(15)13-6-4-3-5-11(13)8-14/h10-11,14H,3-9H2,1-2H3. The molecule has 16 heavy (non-hydrogen) atoms. The highest BCUT2D eigenvalue weighted by Gasteiger charge is 2.26. The highest BCUT2D eigenvalue weighted by molar-refractivity contribution is 5.76. The fraction of sp³-hybridized carbons (Fsp3) is 0.917. The van der Waals surface area contributed by atoms with Crippen molar-refractivity contribution in [3.05, 3.63) is 0 Å². The topological polar surface area (TPSA) is 49.8 Å². The average molecular weight is 229 g/mol. The number of carbonyl (C=O) groups is 1. The summed E-state index contributed by atoms with van der Waals surface area (Å²) in [7, 11) is 1.65. The minimum Gasteiger partial charge on any atom is -0.394 e. The average Bonchev–Trinajstić information content (AvgIpc) is 2.29. The van der Waals surface area contributed by atoms with Crippen molar-refractivity contribution in [1.29, 1.82) is 0 Å². The number of ether oxygens (including phenoxy) is 1. The Balaban J connectivity index is 2.44. The van der Waals surface area contributed by atoms with E-state index in [2.05, 4.69) is 0 Å². The molecule has 1 N–H and O–H groups in total. The molecule has 0 aromatic rings. The highest BCUT2D eigenvalue weighted by atomic mass is 16.5.